The number of aliphatic hydroxyl groups is 1. The second kappa shape index (κ2) is 8.22. The quantitative estimate of drug-likeness (QED) is 0.782. The highest BCUT2D eigenvalue weighted by atomic mass is 16.5. The van der Waals surface area contributed by atoms with Crippen LogP contribution in [0.2, 0.25) is 0 Å². The van der Waals surface area contributed by atoms with E-state index in [9.17, 15) is 0 Å². The molecule has 0 saturated heterocycles. The fourth-order valence-electron chi connectivity index (χ4n) is 3.27. The monoisotopic (exact) mass is 315 g/mol. The molecule has 1 unspecified atom stereocenters. The molecule has 0 aliphatic heterocycles. The zero-order valence-electron chi connectivity index (χ0n) is 13.4. The van der Waals surface area contributed by atoms with Crippen LogP contribution in [0.1, 0.15) is 67.8 Å². The van der Waals surface area contributed by atoms with E-state index in [0.717, 1.165) is 18.7 Å². The minimum Gasteiger partial charge on any atom is -0.396 e. The Labute approximate surface area is 137 Å². The van der Waals surface area contributed by atoms with Crippen LogP contribution >= 0.6 is 0 Å². The summed E-state index contributed by atoms with van der Waals surface area (Å²) in [4.78, 5) is 4.55. The van der Waals surface area contributed by atoms with Gasteiger partial charge in [-0.3, -0.25) is 0 Å². The fraction of sp³-hybridized carbons (Fsp3) is 0.556. The molecule has 0 radical (unpaired) electrons. The van der Waals surface area contributed by atoms with Gasteiger partial charge in [0.25, 0.3) is 0 Å². The molecule has 1 atom stereocenters. The summed E-state index contributed by atoms with van der Waals surface area (Å²) < 4.78 is 5.39. The summed E-state index contributed by atoms with van der Waals surface area (Å²) in [6.45, 7) is 0.766. The van der Waals surface area contributed by atoms with Crippen LogP contribution in [0, 0.1) is 0 Å². The number of rotatable bonds is 8. The number of nitrogens with one attached hydrogen (secondary N) is 1. The Kier molecular flexibility index (Phi) is 5.77. The topological polar surface area (TPSA) is 71.2 Å². The average Bonchev–Trinajstić information content (AvgIpc) is 3.27. The Balaban J connectivity index is 1.59. The van der Waals surface area contributed by atoms with Gasteiger partial charge in [-0.25, -0.2) is 0 Å². The first-order valence-electron chi connectivity index (χ1n) is 8.58. The molecule has 5 heteroatoms. The summed E-state index contributed by atoms with van der Waals surface area (Å²) in [5.74, 6) is 1.99. The molecular formula is C18H25N3O2. The maximum Gasteiger partial charge on any atom is 0.240 e. The van der Waals surface area contributed by atoms with Gasteiger partial charge in [0.2, 0.25) is 5.89 Å². The number of aliphatic hydroxyl groups excluding tert-OH is 1. The number of nitrogens with zero attached hydrogens (tertiary/aromatic N) is 2. The summed E-state index contributed by atoms with van der Waals surface area (Å²) >= 11 is 0. The molecule has 1 aliphatic carbocycles. The van der Waals surface area contributed by atoms with Gasteiger partial charge in [-0.1, -0.05) is 48.3 Å². The summed E-state index contributed by atoms with van der Waals surface area (Å²) in [5, 5.41) is 16.7. The smallest absolute Gasteiger partial charge is 0.240 e. The van der Waals surface area contributed by atoms with E-state index in [-0.39, 0.29) is 12.6 Å². The van der Waals surface area contributed by atoms with Gasteiger partial charge in [0.1, 0.15) is 0 Å². The molecule has 0 amide bonds. The van der Waals surface area contributed by atoms with Gasteiger partial charge >= 0.3 is 0 Å². The number of aromatic nitrogens is 2. The maximum absolute atomic E-state index is 9.10. The molecule has 1 saturated carbocycles. The molecule has 1 aromatic heterocycles. The maximum atomic E-state index is 9.10. The van der Waals surface area contributed by atoms with Gasteiger partial charge in [0.15, 0.2) is 5.82 Å². The molecule has 23 heavy (non-hydrogen) atoms. The molecule has 124 valence electrons. The summed E-state index contributed by atoms with van der Waals surface area (Å²) in [6.07, 6.45) is 6.53. The van der Waals surface area contributed by atoms with Crippen LogP contribution in [-0.4, -0.2) is 21.9 Å². The lowest BCUT2D eigenvalue weighted by Crippen LogP contribution is -2.21. The van der Waals surface area contributed by atoms with Crippen LogP contribution in [0.15, 0.2) is 34.9 Å². The third-order valence-corrected chi connectivity index (χ3v) is 4.56. The highest BCUT2D eigenvalue weighted by Gasteiger charge is 2.22. The van der Waals surface area contributed by atoms with E-state index in [1.54, 1.807) is 0 Å². The van der Waals surface area contributed by atoms with E-state index in [2.05, 4.69) is 27.6 Å². The predicted octanol–water partition coefficient (Wildman–Crippen LogP) is 3.33. The van der Waals surface area contributed by atoms with Crippen molar-refractivity contribution in [2.75, 3.05) is 6.61 Å². The minimum absolute atomic E-state index is 0.185. The van der Waals surface area contributed by atoms with Crippen molar-refractivity contribution < 1.29 is 9.63 Å². The third kappa shape index (κ3) is 4.39. The van der Waals surface area contributed by atoms with E-state index < -0.39 is 0 Å². The molecule has 5 nitrogen and oxygen atoms in total. The van der Waals surface area contributed by atoms with Crippen LogP contribution in [0.3, 0.4) is 0 Å². The Morgan fingerprint density at radius 2 is 2.00 bits per heavy atom. The molecule has 1 aliphatic rings. The first-order valence-corrected chi connectivity index (χ1v) is 8.58. The molecular weight excluding hydrogens is 290 g/mol. The van der Waals surface area contributed by atoms with Gasteiger partial charge in [-0.2, -0.15) is 4.98 Å². The van der Waals surface area contributed by atoms with Crippen LogP contribution < -0.4 is 5.32 Å². The van der Waals surface area contributed by atoms with E-state index in [1.807, 2.05) is 18.2 Å². The van der Waals surface area contributed by atoms with Gasteiger partial charge < -0.3 is 14.9 Å². The van der Waals surface area contributed by atoms with E-state index in [0.29, 0.717) is 18.4 Å². The second-order valence-electron chi connectivity index (χ2n) is 6.24. The lowest BCUT2D eigenvalue weighted by Gasteiger charge is -2.17. The fourth-order valence-corrected chi connectivity index (χ4v) is 3.27. The van der Waals surface area contributed by atoms with Crippen LogP contribution in [-0.2, 0) is 6.54 Å². The van der Waals surface area contributed by atoms with Gasteiger partial charge in [0, 0.05) is 18.6 Å². The number of hydrogen-bond donors (Lipinski definition) is 2. The van der Waals surface area contributed by atoms with Gasteiger partial charge in [-0.15, -0.1) is 0 Å². The Morgan fingerprint density at radius 3 is 2.74 bits per heavy atom. The van der Waals surface area contributed by atoms with Crippen molar-refractivity contribution in [3.05, 3.63) is 47.6 Å². The van der Waals surface area contributed by atoms with Crippen molar-refractivity contribution in [1.29, 1.82) is 0 Å². The zero-order chi connectivity index (χ0) is 15.9. The minimum atomic E-state index is 0.185. The largest absolute Gasteiger partial charge is 0.396 e. The molecule has 1 fully saturated rings. The zero-order valence-corrected chi connectivity index (χ0v) is 13.4. The predicted molar refractivity (Wildman–Crippen MR) is 87.8 cm³/mol. The van der Waals surface area contributed by atoms with Gasteiger partial charge in [-0.05, 0) is 31.2 Å². The normalized spacial score (nSPS) is 16.7. The summed E-state index contributed by atoms with van der Waals surface area (Å²) in [7, 11) is 0. The molecule has 1 aromatic carbocycles. The highest BCUT2D eigenvalue weighted by molar-refractivity contribution is 5.18. The molecule has 2 aromatic rings. The van der Waals surface area contributed by atoms with Crippen LogP contribution in [0.25, 0.3) is 0 Å². The van der Waals surface area contributed by atoms with E-state index in [1.165, 1.54) is 31.2 Å². The molecule has 0 spiro atoms. The van der Waals surface area contributed by atoms with E-state index in [4.69, 9.17) is 9.63 Å². The van der Waals surface area contributed by atoms with Crippen LogP contribution in [0.4, 0.5) is 0 Å². The first-order chi connectivity index (χ1) is 11.4. The summed E-state index contributed by atoms with van der Waals surface area (Å²) in [6, 6.07) is 10.5. The molecule has 0 bridgehead atoms. The van der Waals surface area contributed by atoms with E-state index >= 15 is 0 Å². The standard InChI is InChI=1S/C18H25N3O2/c22-12-6-11-16(14-7-2-1-3-8-14)19-13-17-20-18(21-23-17)15-9-4-5-10-15/h1-3,7-8,15-16,19,22H,4-6,9-13H2. The van der Waals surface area contributed by atoms with Crippen molar-refractivity contribution in [3.63, 3.8) is 0 Å². The van der Waals surface area contributed by atoms with Crippen molar-refractivity contribution in [3.8, 4) is 0 Å². The molecule has 1 heterocycles. The number of hydrogen-bond acceptors (Lipinski definition) is 5. The van der Waals surface area contributed by atoms with Crippen molar-refractivity contribution in [2.45, 2.75) is 57.0 Å². The Bertz CT molecular complexity index is 579. The first kappa shape index (κ1) is 16.1. The highest BCUT2D eigenvalue weighted by Crippen LogP contribution is 2.32. The molecule has 2 N–H and O–H groups in total. The Morgan fingerprint density at radius 1 is 1.22 bits per heavy atom. The van der Waals surface area contributed by atoms with Crippen LogP contribution in [0.5, 0.6) is 0 Å². The van der Waals surface area contributed by atoms with Crippen molar-refractivity contribution in [1.82, 2.24) is 15.5 Å². The SMILES string of the molecule is OCCCC(NCc1nc(C2CCCC2)no1)c1ccccc1. The lowest BCUT2D eigenvalue weighted by molar-refractivity contribution is 0.272. The average molecular weight is 315 g/mol. The lowest BCUT2D eigenvalue weighted by atomic mass is 10.0. The third-order valence-electron chi connectivity index (χ3n) is 4.56. The van der Waals surface area contributed by atoms with Crippen molar-refractivity contribution >= 4 is 0 Å². The Hall–Kier alpha value is -1.72. The van der Waals surface area contributed by atoms with Crippen molar-refractivity contribution in [2.24, 2.45) is 0 Å². The molecule has 3 rings (SSSR count). The second-order valence-corrected chi connectivity index (χ2v) is 6.24. The van der Waals surface area contributed by atoms with Gasteiger partial charge in [0.05, 0.1) is 6.54 Å². The summed E-state index contributed by atoms with van der Waals surface area (Å²) in [5.41, 5.74) is 1.22. The number of benzene rings is 1.